The maximum atomic E-state index is 5.18. The Morgan fingerprint density at radius 2 is 1.88 bits per heavy atom. The van der Waals surface area contributed by atoms with E-state index in [4.69, 9.17) is 24.4 Å². The predicted octanol–water partition coefficient (Wildman–Crippen LogP) is 2.93. The average Bonchev–Trinajstić information content (AvgIpc) is 2.58. The molecule has 2 aromatic rings. The number of benzene rings is 1. The number of hydrazine groups is 1. The van der Waals surface area contributed by atoms with E-state index in [0.717, 1.165) is 21.6 Å². The fraction of sp³-hybridized carbons (Fsp3) is 0.0667. The number of nitrogens with one attached hydrogen (secondary N) is 4. The standard InChI is InChI=1S/C15H15BrN6S2/c1-10(13-7-2-3-8-17-13)19-21-15(24)22-20-14(23)18-12-6-4-5-11(16)9-12/h2-9H,1H3,(H2,18,20,23)(H2,21,22,24)/b19-10+. The van der Waals surface area contributed by atoms with Gasteiger partial charge in [0.25, 0.3) is 0 Å². The molecule has 1 heterocycles. The number of halogens is 1. The highest BCUT2D eigenvalue weighted by Crippen LogP contribution is 2.15. The molecule has 0 aliphatic heterocycles. The monoisotopic (exact) mass is 422 g/mol. The van der Waals surface area contributed by atoms with E-state index in [-0.39, 0.29) is 5.11 Å². The Hall–Kier alpha value is -2.10. The van der Waals surface area contributed by atoms with Gasteiger partial charge in [0.2, 0.25) is 5.11 Å². The maximum absolute atomic E-state index is 5.18. The fourth-order valence-corrected chi connectivity index (χ4v) is 2.30. The van der Waals surface area contributed by atoms with Crippen molar-refractivity contribution >= 4 is 62.0 Å². The smallest absolute Gasteiger partial charge is 0.205 e. The van der Waals surface area contributed by atoms with Gasteiger partial charge in [-0.2, -0.15) is 5.10 Å². The molecule has 0 saturated heterocycles. The van der Waals surface area contributed by atoms with E-state index in [9.17, 15) is 0 Å². The molecule has 1 aromatic carbocycles. The Morgan fingerprint density at radius 3 is 2.58 bits per heavy atom. The molecule has 4 N–H and O–H groups in total. The Balaban J connectivity index is 1.77. The summed E-state index contributed by atoms with van der Waals surface area (Å²) in [5.41, 5.74) is 10.6. The molecule has 0 aliphatic carbocycles. The van der Waals surface area contributed by atoms with Gasteiger partial charge in [-0.25, -0.2) is 0 Å². The van der Waals surface area contributed by atoms with Gasteiger partial charge in [-0.15, -0.1) is 0 Å². The van der Waals surface area contributed by atoms with Gasteiger partial charge in [0.1, 0.15) is 0 Å². The third-order valence-electron chi connectivity index (χ3n) is 2.73. The number of anilines is 1. The van der Waals surface area contributed by atoms with Crippen LogP contribution in [0, 0.1) is 0 Å². The van der Waals surface area contributed by atoms with Crippen molar-refractivity contribution in [2.24, 2.45) is 5.10 Å². The quantitative estimate of drug-likeness (QED) is 0.344. The lowest BCUT2D eigenvalue weighted by molar-refractivity contribution is 0.834. The number of aromatic nitrogens is 1. The summed E-state index contributed by atoms with van der Waals surface area (Å²) in [6.07, 6.45) is 1.71. The number of hydrogen-bond acceptors (Lipinski definition) is 4. The van der Waals surface area contributed by atoms with Crippen molar-refractivity contribution in [1.29, 1.82) is 0 Å². The molecule has 24 heavy (non-hydrogen) atoms. The van der Waals surface area contributed by atoms with E-state index in [1.807, 2.05) is 49.4 Å². The molecule has 1 aromatic heterocycles. The van der Waals surface area contributed by atoms with Crippen LogP contribution in [0.3, 0.4) is 0 Å². The minimum Gasteiger partial charge on any atom is -0.331 e. The van der Waals surface area contributed by atoms with Crippen LogP contribution in [0.15, 0.2) is 58.2 Å². The number of rotatable bonds is 3. The Bertz CT molecular complexity index is 751. The van der Waals surface area contributed by atoms with Crippen molar-refractivity contribution in [1.82, 2.24) is 21.3 Å². The molecule has 0 spiro atoms. The molecule has 0 saturated carbocycles. The Labute approximate surface area is 159 Å². The average molecular weight is 423 g/mol. The zero-order chi connectivity index (χ0) is 17.4. The molecule has 0 bridgehead atoms. The molecular formula is C15H15BrN6S2. The number of nitrogens with zero attached hydrogens (tertiary/aromatic N) is 2. The third kappa shape index (κ3) is 6.19. The topological polar surface area (TPSA) is 73.4 Å². The lowest BCUT2D eigenvalue weighted by atomic mass is 10.3. The van der Waals surface area contributed by atoms with Crippen LogP contribution >= 0.6 is 40.4 Å². The van der Waals surface area contributed by atoms with Crippen molar-refractivity contribution in [3.63, 3.8) is 0 Å². The van der Waals surface area contributed by atoms with Crippen LogP contribution in [-0.2, 0) is 0 Å². The van der Waals surface area contributed by atoms with E-state index in [1.165, 1.54) is 0 Å². The number of hydrazone groups is 1. The van der Waals surface area contributed by atoms with E-state index >= 15 is 0 Å². The van der Waals surface area contributed by atoms with Gasteiger partial charge < -0.3 is 5.32 Å². The van der Waals surface area contributed by atoms with E-state index in [0.29, 0.717) is 5.11 Å². The molecule has 9 heteroatoms. The van der Waals surface area contributed by atoms with Gasteiger partial charge in [0.05, 0.1) is 11.4 Å². The Kier molecular flexibility index (Phi) is 7.04. The van der Waals surface area contributed by atoms with E-state index < -0.39 is 0 Å². The van der Waals surface area contributed by atoms with Gasteiger partial charge in [-0.3, -0.25) is 21.3 Å². The number of hydrogen-bond donors (Lipinski definition) is 4. The van der Waals surface area contributed by atoms with Crippen LogP contribution in [0.2, 0.25) is 0 Å². The molecule has 0 fully saturated rings. The summed E-state index contributed by atoms with van der Waals surface area (Å²) in [6, 6.07) is 13.3. The lowest BCUT2D eigenvalue weighted by Crippen LogP contribution is -2.47. The zero-order valence-corrected chi connectivity index (χ0v) is 15.9. The molecule has 0 amide bonds. The van der Waals surface area contributed by atoms with Gasteiger partial charge in [0.15, 0.2) is 5.11 Å². The number of pyridine rings is 1. The molecule has 0 atom stereocenters. The second-order valence-corrected chi connectivity index (χ2v) is 6.30. The highest BCUT2D eigenvalue weighted by Gasteiger charge is 2.00. The summed E-state index contributed by atoms with van der Waals surface area (Å²) in [6.45, 7) is 1.84. The van der Waals surface area contributed by atoms with Gasteiger partial charge in [-0.1, -0.05) is 28.1 Å². The van der Waals surface area contributed by atoms with Crippen LogP contribution in [0.1, 0.15) is 12.6 Å². The first-order chi connectivity index (χ1) is 11.5. The molecule has 0 aliphatic rings. The highest BCUT2D eigenvalue weighted by atomic mass is 79.9. The molecule has 2 rings (SSSR count). The minimum atomic E-state index is 0.281. The van der Waals surface area contributed by atoms with E-state index in [1.54, 1.807) is 6.20 Å². The van der Waals surface area contributed by atoms with Crippen molar-refractivity contribution in [3.8, 4) is 0 Å². The lowest BCUT2D eigenvalue weighted by Gasteiger charge is -2.13. The number of thiocarbonyl (C=S) groups is 2. The molecule has 124 valence electrons. The van der Waals surface area contributed by atoms with Crippen LogP contribution in [-0.4, -0.2) is 20.9 Å². The van der Waals surface area contributed by atoms with Crippen molar-refractivity contribution in [3.05, 3.63) is 58.8 Å². The minimum absolute atomic E-state index is 0.281. The van der Waals surface area contributed by atoms with Crippen LogP contribution in [0.25, 0.3) is 0 Å². The Morgan fingerprint density at radius 1 is 1.08 bits per heavy atom. The van der Waals surface area contributed by atoms with Gasteiger partial charge >= 0.3 is 0 Å². The van der Waals surface area contributed by atoms with Crippen molar-refractivity contribution in [2.45, 2.75) is 6.92 Å². The second-order valence-electron chi connectivity index (χ2n) is 4.57. The van der Waals surface area contributed by atoms with Crippen LogP contribution in [0.5, 0.6) is 0 Å². The third-order valence-corrected chi connectivity index (χ3v) is 3.62. The van der Waals surface area contributed by atoms with Crippen molar-refractivity contribution < 1.29 is 0 Å². The maximum Gasteiger partial charge on any atom is 0.205 e. The molecule has 6 nitrogen and oxygen atoms in total. The van der Waals surface area contributed by atoms with Crippen LogP contribution < -0.4 is 21.6 Å². The summed E-state index contributed by atoms with van der Waals surface area (Å²) in [7, 11) is 0. The SMILES string of the molecule is C/C(=N\NC(=S)NNC(=S)Nc1cccc(Br)c1)c1ccccn1. The normalized spacial score (nSPS) is 10.7. The molecular weight excluding hydrogens is 408 g/mol. The first kappa shape index (κ1) is 18.2. The zero-order valence-electron chi connectivity index (χ0n) is 12.7. The summed E-state index contributed by atoms with van der Waals surface area (Å²) in [5.74, 6) is 0. The summed E-state index contributed by atoms with van der Waals surface area (Å²) < 4.78 is 0.958. The van der Waals surface area contributed by atoms with Crippen molar-refractivity contribution in [2.75, 3.05) is 5.32 Å². The summed E-state index contributed by atoms with van der Waals surface area (Å²) >= 11 is 13.7. The van der Waals surface area contributed by atoms with Gasteiger partial charge in [-0.05, 0) is 61.7 Å². The summed E-state index contributed by atoms with van der Waals surface area (Å²) in [5, 5.41) is 7.84. The second kappa shape index (κ2) is 9.26. The first-order valence-corrected chi connectivity index (χ1v) is 8.50. The first-order valence-electron chi connectivity index (χ1n) is 6.89. The molecule has 0 radical (unpaired) electrons. The van der Waals surface area contributed by atoms with E-state index in [2.05, 4.69) is 47.6 Å². The highest BCUT2D eigenvalue weighted by molar-refractivity contribution is 9.10. The summed E-state index contributed by atoms with van der Waals surface area (Å²) in [4.78, 5) is 4.20. The molecule has 0 unspecified atom stereocenters. The van der Waals surface area contributed by atoms with Crippen LogP contribution in [0.4, 0.5) is 5.69 Å². The van der Waals surface area contributed by atoms with Gasteiger partial charge in [0, 0.05) is 16.4 Å². The fourth-order valence-electron chi connectivity index (χ4n) is 1.64. The predicted molar refractivity (Wildman–Crippen MR) is 109 cm³/mol. The largest absolute Gasteiger partial charge is 0.331 e.